The molecule has 2 aromatic carbocycles. The second-order valence-corrected chi connectivity index (χ2v) is 7.58. The molecule has 0 N–H and O–H groups in total. The number of furan rings is 1. The number of halogens is 1. The fraction of sp³-hybridized carbons (Fsp3) is 0.150. The molecule has 1 aromatic heterocycles. The molecule has 126 valence electrons. The van der Waals surface area contributed by atoms with Gasteiger partial charge in [0.15, 0.2) is 0 Å². The third-order valence-corrected chi connectivity index (χ3v) is 5.74. The van der Waals surface area contributed by atoms with Gasteiger partial charge in [-0.3, -0.25) is 4.79 Å². The van der Waals surface area contributed by atoms with E-state index in [1.165, 1.54) is 0 Å². The van der Waals surface area contributed by atoms with Gasteiger partial charge in [0.2, 0.25) is 5.91 Å². The Morgan fingerprint density at radius 2 is 1.88 bits per heavy atom. The number of hydrogen-bond acceptors (Lipinski definition) is 3. The third-order valence-electron chi connectivity index (χ3n) is 4.20. The van der Waals surface area contributed by atoms with Crippen molar-refractivity contribution in [3.05, 3.63) is 83.3 Å². The van der Waals surface area contributed by atoms with Crippen LogP contribution in [0.2, 0.25) is 5.02 Å². The largest absolute Gasteiger partial charge is 0.468 e. The summed E-state index contributed by atoms with van der Waals surface area (Å²) in [7, 11) is 0. The van der Waals surface area contributed by atoms with Crippen LogP contribution in [0, 0.1) is 0 Å². The number of nitrogens with zero attached hydrogens (tertiary/aromatic N) is 1. The number of benzene rings is 2. The highest BCUT2D eigenvalue weighted by Gasteiger charge is 2.30. The number of thioether (sulfide) groups is 1. The van der Waals surface area contributed by atoms with Gasteiger partial charge in [0.05, 0.1) is 23.7 Å². The van der Waals surface area contributed by atoms with Gasteiger partial charge in [-0.05, 0) is 42.0 Å². The van der Waals surface area contributed by atoms with Gasteiger partial charge in [-0.25, -0.2) is 0 Å². The quantitative estimate of drug-likeness (QED) is 0.593. The summed E-state index contributed by atoms with van der Waals surface area (Å²) >= 11 is 7.65. The Labute approximate surface area is 155 Å². The molecule has 0 aliphatic carbocycles. The Morgan fingerprint density at radius 3 is 2.64 bits per heavy atom. The standard InChI is InChI=1S/C20H16ClNO2S/c21-15-9-7-14(8-10-15)13-22-16-4-1-2-6-18(16)25-19(12-20(22)23)17-5-3-11-24-17/h1-11,19H,12-13H2. The minimum atomic E-state index is -0.0149. The lowest BCUT2D eigenvalue weighted by atomic mass is 10.1. The van der Waals surface area contributed by atoms with Crippen LogP contribution >= 0.6 is 23.4 Å². The van der Waals surface area contributed by atoms with E-state index in [1.807, 2.05) is 59.5 Å². The predicted octanol–water partition coefficient (Wildman–Crippen LogP) is 5.70. The first-order valence-electron chi connectivity index (χ1n) is 8.04. The minimum Gasteiger partial charge on any atom is -0.468 e. The molecule has 1 amide bonds. The van der Waals surface area contributed by atoms with Crippen LogP contribution in [0.5, 0.6) is 0 Å². The molecular formula is C20H16ClNO2S. The van der Waals surface area contributed by atoms with Crippen LogP contribution in [0.1, 0.15) is 23.0 Å². The average Bonchev–Trinajstić information content (AvgIpc) is 3.11. The Morgan fingerprint density at radius 1 is 1.08 bits per heavy atom. The molecule has 1 aliphatic heterocycles. The maximum absolute atomic E-state index is 13.0. The number of amides is 1. The zero-order chi connectivity index (χ0) is 17.2. The van der Waals surface area contributed by atoms with Gasteiger partial charge in [-0.15, -0.1) is 11.8 Å². The van der Waals surface area contributed by atoms with Gasteiger partial charge >= 0.3 is 0 Å². The molecule has 0 fully saturated rings. The van der Waals surface area contributed by atoms with Crippen molar-refractivity contribution < 1.29 is 9.21 Å². The van der Waals surface area contributed by atoms with Crippen molar-refractivity contribution in [3.63, 3.8) is 0 Å². The number of para-hydroxylation sites is 1. The maximum Gasteiger partial charge on any atom is 0.228 e. The summed E-state index contributed by atoms with van der Waals surface area (Å²) < 4.78 is 5.55. The van der Waals surface area contributed by atoms with E-state index in [4.69, 9.17) is 16.0 Å². The van der Waals surface area contributed by atoms with Crippen molar-refractivity contribution in [2.45, 2.75) is 23.1 Å². The molecule has 0 radical (unpaired) electrons. The SMILES string of the molecule is O=C1CC(c2ccco2)Sc2ccccc2N1Cc1ccc(Cl)cc1. The molecular weight excluding hydrogens is 354 g/mol. The molecule has 25 heavy (non-hydrogen) atoms. The van der Waals surface area contributed by atoms with E-state index in [-0.39, 0.29) is 11.2 Å². The lowest BCUT2D eigenvalue weighted by Crippen LogP contribution is -2.30. The zero-order valence-corrected chi connectivity index (χ0v) is 15.0. The van der Waals surface area contributed by atoms with Crippen LogP contribution in [0.3, 0.4) is 0 Å². The van der Waals surface area contributed by atoms with Gasteiger partial charge in [0.1, 0.15) is 5.76 Å². The van der Waals surface area contributed by atoms with Crippen LogP contribution in [0.4, 0.5) is 5.69 Å². The van der Waals surface area contributed by atoms with Crippen LogP contribution in [-0.2, 0) is 11.3 Å². The number of carbonyl (C=O) groups is 1. The van der Waals surface area contributed by atoms with Gasteiger partial charge in [0.25, 0.3) is 0 Å². The molecule has 1 atom stereocenters. The van der Waals surface area contributed by atoms with Crippen LogP contribution < -0.4 is 4.90 Å². The summed E-state index contributed by atoms with van der Waals surface area (Å²) in [6.07, 6.45) is 2.06. The third kappa shape index (κ3) is 3.46. The fourth-order valence-electron chi connectivity index (χ4n) is 2.96. The number of carbonyl (C=O) groups excluding carboxylic acids is 1. The normalized spacial score (nSPS) is 17.2. The van der Waals surface area contributed by atoms with Crippen molar-refractivity contribution in [2.24, 2.45) is 0 Å². The molecule has 3 nitrogen and oxygen atoms in total. The first-order chi connectivity index (χ1) is 12.2. The predicted molar refractivity (Wildman–Crippen MR) is 101 cm³/mol. The summed E-state index contributed by atoms with van der Waals surface area (Å²) in [5.41, 5.74) is 2.00. The van der Waals surface area contributed by atoms with Crippen LogP contribution in [0.15, 0.2) is 76.2 Å². The smallest absolute Gasteiger partial charge is 0.228 e. The van der Waals surface area contributed by atoms with E-state index in [9.17, 15) is 4.79 Å². The van der Waals surface area contributed by atoms with Crippen molar-refractivity contribution in [1.82, 2.24) is 0 Å². The highest BCUT2D eigenvalue weighted by atomic mass is 35.5. The monoisotopic (exact) mass is 369 g/mol. The Balaban J connectivity index is 1.69. The number of anilines is 1. The summed E-state index contributed by atoms with van der Waals surface area (Å²) in [6, 6.07) is 19.4. The van der Waals surface area contributed by atoms with E-state index in [0.717, 1.165) is 21.9 Å². The molecule has 3 aromatic rings. The zero-order valence-electron chi connectivity index (χ0n) is 13.4. The summed E-state index contributed by atoms with van der Waals surface area (Å²) in [5, 5.41) is 0.679. The highest BCUT2D eigenvalue weighted by molar-refractivity contribution is 7.99. The Hall–Kier alpha value is -2.17. The lowest BCUT2D eigenvalue weighted by molar-refractivity contribution is -0.118. The van der Waals surface area contributed by atoms with Crippen molar-refractivity contribution in [3.8, 4) is 0 Å². The first-order valence-corrected chi connectivity index (χ1v) is 9.30. The van der Waals surface area contributed by atoms with Crippen molar-refractivity contribution >= 4 is 35.0 Å². The average molecular weight is 370 g/mol. The van der Waals surface area contributed by atoms with Gasteiger partial charge in [-0.1, -0.05) is 35.9 Å². The first kappa shape index (κ1) is 16.3. The second kappa shape index (κ2) is 6.98. The van der Waals surface area contributed by atoms with E-state index in [2.05, 4.69) is 6.07 Å². The lowest BCUT2D eigenvalue weighted by Gasteiger charge is -2.22. The van der Waals surface area contributed by atoms with Crippen molar-refractivity contribution in [1.29, 1.82) is 0 Å². The van der Waals surface area contributed by atoms with Gasteiger partial charge in [0, 0.05) is 16.3 Å². The van der Waals surface area contributed by atoms with E-state index < -0.39 is 0 Å². The maximum atomic E-state index is 13.0. The van der Waals surface area contributed by atoms with E-state index in [0.29, 0.717) is 18.0 Å². The molecule has 1 unspecified atom stereocenters. The van der Waals surface area contributed by atoms with Crippen molar-refractivity contribution in [2.75, 3.05) is 4.90 Å². The minimum absolute atomic E-state index is 0.0149. The molecule has 1 aliphatic rings. The Bertz CT molecular complexity index is 877. The van der Waals surface area contributed by atoms with Crippen LogP contribution in [0.25, 0.3) is 0 Å². The fourth-order valence-corrected chi connectivity index (χ4v) is 4.32. The van der Waals surface area contributed by atoms with E-state index >= 15 is 0 Å². The van der Waals surface area contributed by atoms with Crippen LogP contribution in [-0.4, -0.2) is 5.91 Å². The molecule has 0 saturated carbocycles. The molecule has 0 saturated heterocycles. The van der Waals surface area contributed by atoms with Gasteiger partial charge in [-0.2, -0.15) is 0 Å². The van der Waals surface area contributed by atoms with E-state index in [1.54, 1.807) is 18.0 Å². The number of hydrogen-bond donors (Lipinski definition) is 0. The highest BCUT2D eigenvalue weighted by Crippen LogP contribution is 2.45. The Kier molecular flexibility index (Phi) is 4.55. The summed E-state index contributed by atoms with van der Waals surface area (Å²) in [4.78, 5) is 15.9. The molecule has 2 heterocycles. The summed E-state index contributed by atoms with van der Waals surface area (Å²) in [5.74, 6) is 0.926. The molecule has 0 bridgehead atoms. The van der Waals surface area contributed by atoms with Gasteiger partial charge < -0.3 is 9.32 Å². The topological polar surface area (TPSA) is 33.5 Å². The summed E-state index contributed by atoms with van der Waals surface area (Å²) in [6.45, 7) is 0.526. The molecule has 5 heteroatoms. The second-order valence-electron chi connectivity index (χ2n) is 5.90. The number of fused-ring (bicyclic) bond motifs is 1. The molecule has 4 rings (SSSR count). The molecule has 0 spiro atoms. The number of rotatable bonds is 3.